The summed E-state index contributed by atoms with van der Waals surface area (Å²) in [6.07, 6.45) is 7.00. The molecular weight excluding hydrogens is 280 g/mol. The van der Waals surface area contributed by atoms with Crippen molar-refractivity contribution in [1.29, 1.82) is 0 Å². The minimum Gasteiger partial charge on any atom is -0.461 e. The minimum atomic E-state index is -0.138. The average molecular weight is 304 g/mol. The zero-order valence-electron chi connectivity index (χ0n) is 13.0. The van der Waals surface area contributed by atoms with E-state index in [0.29, 0.717) is 12.8 Å². The highest BCUT2D eigenvalue weighted by atomic mass is 16.5. The first-order chi connectivity index (χ1) is 10.7. The van der Waals surface area contributed by atoms with Gasteiger partial charge < -0.3 is 9.47 Å². The number of benzene rings is 1. The molecule has 0 aromatic heterocycles. The Labute approximate surface area is 131 Å². The van der Waals surface area contributed by atoms with Crippen LogP contribution in [0.5, 0.6) is 0 Å². The van der Waals surface area contributed by atoms with E-state index < -0.39 is 0 Å². The third-order valence-electron chi connectivity index (χ3n) is 3.80. The number of fused-ring (bicyclic) bond motifs is 2. The van der Waals surface area contributed by atoms with E-state index in [4.69, 9.17) is 9.47 Å². The highest BCUT2D eigenvalue weighted by molar-refractivity contribution is 5.69. The molecule has 1 aromatic rings. The fraction of sp³-hybridized carbons (Fsp3) is 0.556. The van der Waals surface area contributed by atoms with Crippen molar-refractivity contribution >= 4 is 11.9 Å². The fourth-order valence-electron chi connectivity index (χ4n) is 2.53. The van der Waals surface area contributed by atoms with Gasteiger partial charge in [-0.05, 0) is 30.0 Å². The van der Waals surface area contributed by atoms with E-state index in [1.54, 1.807) is 0 Å². The van der Waals surface area contributed by atoms with Gasteiger partial charge in [0.05, 0.1) is 0 Å². The molecule has 4 nitrogen and oxygen atoms in total. The molecule has 1 aromatic carbocycles. The Kier molecular flexibility index (Phi) is 6.94. The molecule has 0 N–H and O–H groups in total. The summed E-state index contributed by atoms with van der Waals surface area (Å²) in [4.78, 5) is 23.4. The molecule has 2 rings (SSSR count). The molecular formula is C18H24O4. The first-order valence-corrected chi connectivity index (χ1v) is 8.13. The van der Waals surface area contributed by atoms with Gasteiger partial charge in [-0.15, -0.1) is 0 Å². The zero-order valence-corrected chi connectivity index (χ0v) is 13.0. The minimum absolute atomic E-state index is 0.138. The maximum Gasteiger partial charge on any atom is 0.306 e. The van der Waals surface area contributed by atoms with Crippen LogP contribution < -0.4 is 0 Å². The van der Waals surface area contributed by atoms with Crippen molar-refractivity contribution < 1.29 is 19.1 Å². The molecule has 0 saturated heterocycles. The van der Waals surface area contributed by atoms with E-state index in [0.717, 1.165) is 49.7 Å². The molecule has 0 spiro atoms. The predicted molar refractivity (Wildman–Crippen MR) is 83.0 cm³/mol. The maximum atomic E-state index is 11.7. The SMILES string of the molecule is O=C1CCCCCCCCC(=O)OCc2cccc(c2)CO1. The van der Waals surface area contributed by atoms with E-state index in [2.05, 4.69) is 0 Å². The van der Waals surface area contributed by atoms with Crippen LogP contribution in [0, 0.1) is 0 Å². The second-order valence-electron chi connectivity index (χ2n) is 5.76. The topological polar surface area (TPSA) is 52.6 Å². The van der Waals surface area contributed by atoms with Crippen LogP contribution in [0.4, 0.5) is 0 Å². The third kappa shape index (κ3) is 6.29. The molecule has 0 saturated carbocycles. The lowest BCUT2D eigenvalue weighted by Gasteiger charge is -2.08. The highest BCUT2D eigenvalue weighted by Gasteiger charge is 2.07. The molecule has 0 amide bonds. The lowest BCUT2D eigenvalue weighted by Crippen LogP contribution is -2.06. The van der Waals surface area contributed by atoms with Gasteiger partial charge in [0, 0.05) is 12.8 Å². The second-order valence-corrected chi connectivity index (χ2v) is 5.76. The van der Waals surface area contributed by atoms with Crippen LogP contribution in [0.3, 0.4) is 0 Å². The van der Waals surface area contributed by atoms with Crippen LogP contribution in [0.15, 0.2) is 24.3 Å². The molecule has 2 bridgehead atoms. The summed E-state index contributed by atoms with van der Waals surface area (Å²) in [5, 5.41) is 0. The van der Waals surface area contributed by atoms with Crippen molar-refractivity contribution in [2.45, 2.75) is 64.6 Å². The van der Waals surface area contributed by atoms with Crippen LogP contribution in [0.1, 0.15) is 62.5 Å². The first-order valence-electron chi connectivity index (χ1n) is 8.13. The largest absolute Gasteiger partial charge is 0.461 e. The number of rotatable bonds is 0. The van der Waals surface area contributed by atoms with Gasteiger partial charge in [-0.3, -0.25) is 9.59 Å². The number of cyclic esters (lactones) is 2. The Morgan fingerprint density at radius 2 is 1.14 bits per heavy atom. The molecule has 1 aliphatic rings. The molecule has 0 radical (unpaired) electrons. The van der Waals surface area contributed by atoms with E-state index >= 15 is 0 Å². The van der Waals surface area contributed by atoms with Crippen molar-refractivity contribution in [3.8, 4) is 0 Å². The monoisotopic (exact) mass is 304 g/mol. The van der Waals surface area contributed by atoms with Crippen molar-refractivity contribution in [3.05, 3.63) is 35.4 Å². The molecule has 4 heteroatoms. The summed E-state index contributed by atoms with van der Waals surface area (Å²) in [7, 11) is 0. The third-order valence-corrected chi connectivity index (χ3v) is 3.80. The van der Waals surface area contributed by atoms with Gasteiger partial charge >= 0.3 is 11.9 Å². The molecule has 0 fully saturated rings. The van der Waals surface area contributed by atoms with Crippen molar-refractivity contribution in [2.24, 2.45) is 0 Å². The maximum absolute atomic E-state index is 11.7. The number of carbonyl (C=O) groups is 2. The summed E-state index contributed by atoms with van der Waals surface area (Å²) in [5.41, 5.74) is 1.84. The Morgan fingerprint density at radius 1 is 0.682 bits per heavy atom. The quantitative estimate of drug-likeness (QED) is 0.682. The van der Waals surface area contributed by atoms with Crippen LogP contribution >= 0.6 is 0 Å². The standard InChI is InChI=1S/C18H24O4/c19-17-10-5-3-1-2-4-6-11-18(20)22-14-16-9-7-8-15(12-16)13-21-17/h7-9,12H,1-6,10-11,13-14H2. The van der Waals surface area contributed by atoms with Crippen LogP contribution in [-0.4, -0.2) is 11.9 Å². The van der Waals surface area contributed by atoms with E-state index in [9.17, 15) is 9.59 Å². The number of esters is 2. The normalized spacial score (nSPS) is 18.9. The van der Waals surface area contributed by atoms with Crippen LogP contribution in [-0.2, 0) is 32.3 Å². The number of carbonyl (C=O) groups excluding carboxylic acids is 2. The van der Waals surface area contributed by atoms with Crippen molar-refractivity contribution in [2.75, 3.05) is 0 Å². The predicted octanol–water partition coefficient (Wildman–Crippen LogP) is 3.91. The summed E-state index contributed by atoms with van der Waals surface area (Å²) >= 11 is 0. The molecule has 1 aliphatic heterocycles. The Bertz CT molecular complexity index is 454. The summed E-state index contributed by atoms with van der Waals surface area (Å²) in [6.45, 7) is 0.557. The van der Waals surface area contributed by atoms with Gasteiger partial charge in [-0.2, -0.15) is 0 Å². The number of ether oxygens (including phenoxy) is 2. The zero-order chi connectivity index (χ0) is 15.6. The Morgan fingerprint density at radius 3 is 1.64 bits per heavy atom. The molecule has 0 unspecified atom stereocenters. The van der Waals surface area contributed by atoms with Gasteiger partial charge in [0.15, 0.2) is 0 Å². The van der Waals surface area contributed by atoms with E-state index in [1.165, 1.54) is 0 Å². The number of hydrogen-bond acceptors (Lipinski definition) is 4. The Hall–Kier alpha value is -1.84. The summed E-state index contributed by atoms with van der Waals surface area (Å²) in [6, 6.07) is 7.62. The summed E-state index contributed by atoms with van der Waals surface area (Å²) in [5.74, 6) is -0.276. The van der Waals surface area contributed by atoms with Crippen molar-refractivity contribution in [1.82, 2.24) is 0 Å². The lowest BCUT2D eigenvalue weighted by molar-refractivity contribution is -0.145. The fourth-order valence-corrected chi connectivity index (χ4v) is 2.53. The average Bonchev–Trinajstić information content (AvgIpc) is 2.53. The highest BCUT2D eigenvalue weighted by Crippen LogP contribution is 2.13. The van der Waals surface area contributed by atoms with Gasteiger partial charge in [-0.25, -0.2) is 0 Å². The van der Waals surface area contributed by atoms with Gasteiger partial charge in [0.1, 0.15) is 13.2 Å². The molecule has 1 heterocycles. The number of hydrogen-bond donors (Lipinski definition) is 0. The first kappa shape index (κ1) is 16.5. The molecule has 0 aliphatic carbocycles. The Balaban J connectivity index is 1.94. The van der Waals surface area contributed by atoms with Crippen LogP contribution in [0.2, 0.25) is 0 Å². The summed E-state index contributed by atoms with van der Waals surface area (Å²) < 4.78 is 10.6. The second kappa shape index (κ2) is 9.23. The van der Waals surface area contributed by atoms with Gasteiger partial charge in [0.25, 0.3) is 0 Å². The van der Waals surface area contributed by atoms with Gasteiger partial charge in [0.2, 0.25) is 0 Å². The lowest BCUT2D eigenvalue weighted by atomic mass is 10.1. The molecule has 22 heavy (non-hydrogen) atoms. The van der Waals surface area contributed by atoms with Gasteiger partial charge in [-0.1, -0.05) is 43.9 Å². The molecule has 120 valence electrons. The van der Waals surface area contributed by atoms with E-state index in [-0.39, 0.29) is 25.2 Å². The van der Waals surface area contributed by atoms with Crippen molar-refractivity contribution in [3.63, 3.8) is 0 Å². The smallest absolute Gasteiger partial charge is 0.306 e. The van der Waals surface area contributed by atoms with Crippen LogP contribution in [0.25, 0.3) is 0 Å². The van der Waals surface area contributed by atoms with E-state index in [1.807, 2.05) is 24.3 Å². The molecule has 0 atom stereocenters.